The molecule has 0 spiro atoms. The van der Waals surface area contributed by atoms with Gasteiger partial charge in [-0.05, 0) is 29.2 Å². The van der Waals surface area contributed by atoms with Crippen molar-refractivity contribution >= 4 is 18.3 Å². The third-order valence-corrected chi connectivity index (χ3v) is 4.23. The van der Waals surface area contributed by atoms with Crippen LogP contribution in [0.25, 0.3) is 21.5 Å². The van der Waals surface area contributed by atoms with E-state index >= 15 is 0 Å². The molecule has 0 fully saturated rings. The molecule has 25 heavy (non-hydrogen) atoms. The number of benzene rings is 2. The zero-order valence-corrected chi connectivity index (χ0v) is 14.1. The van der Waals surface area contributed by atoms with Crippen LogP contribution in [0.2, 0.25) is 0 Å². The molecule has 0 bridgehead atoms. The van der Waals surface area contributed by atoms with Gasteiger partial charge >= 0.3 is 5.97 Å². The molecule has 0 unspecified atom stereocenters. The first-order valence-corrected chi connectivity index (χ1v) is 8.21. The van der Waals surface area contributed by atoms with E-state index in [0.29, 0.717) is 12.2 Å². The van der Waals surface area contributed by atoms with Crippen LogP contribution in [0.3, 0.4) is 0 Å². The second kappa shape index (κ2) is 7.14. The topological polar surface area (TPSA) is 43.0 Å². The summed E-state index contributed by atoms with van der Waals surface area (Å²) in [5.41, 5.74) is 4.68. The first-order valence-electron chi connectivity index (χ1n) is 8.21. The Labute approximate surface area is 147 Å². The molecule has 3 rings (SSSR count). The molecule has 0 heterocycles. The lowest BCUT2D eigenvalue weighted by atomic mass is 9.99. The van der Waals surface area contributed by atoms with Crippen molar-refractivity contribution in [3.63, 3.8) is 0 Å². The fourth-order valence-electron chi connectivity index (χ4n) is 3.08. The number of carbonyl (C=O) groups is 1. The molecular formula is C21H18N2O2. The standard InChI is InChI=1S/C21H18N2O2/c1-4-5-13-25-21(24)17-12-8-11-16-18(17)14-9-6-7-10-15(14)19(16)20(22-2)23-3/h6-12H,2,4-5,13H2,1H3/b20-19+. The van der Waals surface area contributed by atoms with Crippen LogP contribution in [-0.2, 0) is 4.74 Å². The van der Waals surface area contributed by atoms with Gasteiger partial charge in [0.25, 0.3) is 5.82 Å². The SMILES string of the molecule is [C-]#[N+]/C(N=C)=C1\c2ccccc2-c2c(C(=O)OCCCC)cccc21. The molecule has 0 saturated carbocycles. The maximum atomic E-state index is 12.6. The fourth-order valence-corrected chi connectivity index (χ4v) is 3.08. The Morgan fingerprint density at radius 2 is 1.88 bits per heavy atom. The second-order valence-electron chi connectivity index (χ2n) is 5.73. The summed E-state index contributed by atoms with van der Waals surface area (Å²) < 4.78 is 5.41. The van der Waals surface area contributed by atoms with E-state index in [-0.39, 0.29) is 11.8 Å². The Bertz CT molecular complexity index is 920. The molecule has 2 aromatic carbocycles. The maximum absolute atomic E-state index is 12.6. The second-order valence-corrected chi connectivity index (χ2v) is 5.73. The van der Waals surface area contributed by atoms with Crippen LogP contribution >= 0.6 is 0 Å². The minimum absolute atomic E-state index is 0.239. The third kappa shape index (κ3) is 2.85. The number of hydrogen-bond donors (Lipinski definition) is 0. The van der Waals surface area contributed by atoms with Crippen LogP contribution in [0.15, 0.2) is 53.3 Å². The van der Waals surface area contributed by atoms with Crippen LogP contribution in [0.4, 0.5) is 0 Å². The summed E-state index contributed by atoms with van der Waals surface area (Å²) in [5, 5.41) is 0. The van der Waals surface area contributed by atoms with Crippen molar-refractivity contribution in [2.45, 2.75) is 19.8 Å². The average molecular weight is 330 g/mol. The molecule has 124 valence electrons. The van der Waals surface area contributed by atoms with Gasteiger partial charge in [0, 0.05) is 11.1 Å². The minimum Gasteiger partial charge on any atom is -0.462 e. The van der Waals surface area contributed by atoms with E-state index in [1.165, 1.54) is 0 Å². The molecule has 1 aliphatic rings. The largest absolute Gasteiger partial charge is 0.462 e. The van der Waals surface area contributed by atoms with E-state index in [0.717, 1.165) is 40.7 Å². The number of unbranched alkanes of at least 4 members (excludes halogenated alkanes) is 1. The number of carbonyl (C=O) groups excluding carboxylic acids is 1. The Morgan fingerprint density at radius 1 is 1.16 bits per heavy atom. The number of ether oxygens (including phenoxy) is 1. The van der Waals surface area contributed by atoms with Crippen molar-refractivity contribution < 1.29 is 9.53 Å². The Hall–Kier alpha value is -3.19. The van der Waals surface area contributed by atoms with Crippen molar-refractivity contribution in [3.05, 3.63) is 76.4 Å². The number of aliphatic imine (C=N–C) groups is 1. The summed E-state index contributed by atoms with van der Waals surface area (Å²) in [6, 6.07) is 13.2. The van der Waals surface area contributed by atoms with Gasteiger partial charge in [-0.1, -0.05) is 56.3 Å². The van der Waals surface area contributed by atoms with E-state index in [9.17, 15) is 4.79 Å². The normalized spacial score (nSPS) is 13.4. The molecule has 0 atom stereocenters. The Balaban J connectivity index is 2.20. The molecule has 1 aliphatic carbocycles. The van der Waals surface area contributed by atoms with E-state index in [1.54, 1.807) is 6.07 Å². The third-order valence-electron chi connectivity index (χ3n) is 4.23. The monoisotopic (exact) mass is 330 g/mol. The van der Waals surface area contributed by atoms with Crippen LogP contribution in [0.5, 0.6) is 0 Å². The molecule has 0 amide bonds. The first-order chi connectivity index (χ1) is 12.2. The van der Waals surface area contributed by atoms with E-state index < -0.39 is 0 Å². The molecule has 0 aliphatic heterocycles. The molecular weight excluding hydrogens is 312 g/mol. The Morgan fingerprint density at radius 3 is 2.56 bits per heavy atom. The van der Waals surface area contributed by atoms with Crippen molar-refractivity contribution in [1.82, 2.24) is 0 Å². The molecule has 0 saturated heterocycles. The van der Waals surface area contributed by atoms with Crippen molar-refractivity contribution in [2.24, 2.45) is 4.99 Å². The number of fused-ring (bicyclic) bond motifs is 3. The lowest BCUT2D eigenvalue weighted by Crippen LogP contribution is -2.08. The summed E-state index contributed by atoms with van der Waals surface area (Å²) in [5.74, 6) is -0.0972. The van der Waals surface area contributed by atoms with Gasteiger partial charge in [0.05, 0.1) is 18.9 Å². The predicted molar refractivity (Wildman–Crippen MR) is 99.2 cm³/mol. The lowest BCUT2D eigenvalue weighted by molar-refractivity contribution is 0.0500. The molecule has 4 nitrogen and oxygen atoms in total. The van der Waals surface area contributed by atoms with E-state index in [2.05, 4.69) is 23.5 Å². The highest BCUT2D eigenvalue weighted by molar-refractivity contribution is 6.09. The lowest BCUT2D eigenvalue weighted by Gasteiger charge is -2.09. The fraction of sp³-hybridized carbons (Fsp3) is 0.190. The van der Waals surface area contributed by atoms with Gasteiger partial charge in [-0.3, -0.25) is 0 Å². The predicted octanol–water partition coefficient (Wildman–Crippen LogP) is 4.96. The van der Waals surface area contributed by atoms with Gasteiger partial charge in [-0.2, -0.15) is 0 Å². The van der Waals surface area contributed by atoms with Gasteiger partial charge in [0.15, 0.2) is 0 Å². The van der Waals surface area contributed by atoms with Gasteiger partial charge in [-0.25, -0.2) is 4.79 Å². The smallest absolute Gasteiger partial charge is 0.338 e. The van der Waals surface area contributed by atoms with Gasteiger partial charge in [0.2, 0.25) is 0 Å². The van der Waals surface area contributed by atoms with Crippen molar-refractivity contribution in [2.75, 3.05) is 6.61 Å². The summed E-state index contributed by atoms with van der Waals surface area (Å²) in [6.45, 7) is 13.4. The Kier molecular flexibility index (Phi) is 4.76. The van der Waals surface area contributed by atoms with Gasteiger partial charge in [0.1, 0.15) is 0 Å². The summed E-state index contributed by atoms with van der Waals surface area (Å²) >= 11 is 0. The first kappa shape index (κ1) is 16.7. The zero-order chi connectivity index (χ0) is 17.8. The molecule has 0 aromatic heterocycles. The summed E-state index contributed by atoms with van der Waals surface area (Å²) in [6.07, 6.45) is 1.81. The van der Waals surface area contributed by atoms with Crippen molar-refractivity contribution in [1.29, 1.82) is 0 Å². The number of nitrogens with zero attached hydrogens (tertiary/aromatic N) is 2. The molecule has 2 aromatic rings. The molecule has 0 radical (unpaired) electrons. The van der Waals surface area contributed by atoms with Gasteiger partial charge < -0.3 is 9.58 Å². The van der Waals surface area contributed by atoms with Crippen LogP contribution in [0.1, 0.15) is 41.3 Å². The zero-order valence-electron chi connectivity index (χ0n) is 14.1. The van der Waals surface area contributed by atoms with Crippen LogP contribution in [0, 0.1) is 6.57 Å². The van der Waals surface area contributed by atoms with Crippen LogP contribution < -0.4 is 0 Å². The highest BCUT2D eigenvalue weighted by atomic mass is 16.5. The molecule has 0 N–H and O–H groups in total. The molecule has 4 heteroatoms. The summed E-state index contributed by atoms with van der Waals surface area (Å²) in [7, 11) is 0. The van der Waals surface area contributed by atoms with Gasteiger partial charge in [-0.15, -0.1) is 4.99 Å². The van der Waals surface area contributed by atoms with E-state index in [1.807, 2.05) is 36.4 Å². The number of esters is 1. The summed E-state index contributed by atoms with van der Waals surface area (Å²) in [4.78, 5) is 20.0. The average Bonchev–Trinajstić information content (AvgIpc) is 2.98. The van der Waals surface area contributed by atoms with Crippen LogP contribution in [-0.4, -0.2) is 19.3 Å². The van der Waals surface area contributed by atoms with E-state index in [4.69, 9.17) is 11.3 Å². The maximum Gasteiger partial charge on any atom is 0.338 e. The van der Waals surface area contributed by atoms with Crippen molar-refractivity contribution in [3.8, 4) is 11.1 Å². The highest BCUT2D eigenvalue weighted by Crippen LogP contribution is 2.47. The minimum atomic E-state index is -0.336. The number of hydrogen-bond acceptors (Lipinski definition) is 3. The highest BCUT2D eigenvalue weighted by Gasteiger charge is 2.30. The number of rotatable bonds is 5. The quantitative estimate of drug-likeness (QED) is 0.287.